The van der Waals surface area contributed by atoms with Crippen molar-refractivity contribution in [2.75, 3.05) is 5.32 Å². The van der Waals surface area contributed by atoms with Crippen molar-refractivity contribution in [1.82, 2.24) is 14.8 Å². The number of nitrogens with zero attached hydrogens (tertiary/aromatic N) is 3. The molecule has 1 aromatic carbocycles. The van der Waals surface area contributed by atoms with E-state index in [0.717, 1.165) is 10.0 Å². The van der Waals surface area contributed by atoms with Crippen molar-refractivity contribution < 1.29 is 4.79 Å². The van der Waals surface area contributed by atoms with Crippen LogP contribution in [0.25, 0.3) is 0 Å². The molecule has 23 heavy (non-hydrogen) atoms. The van der Waals surface area contributed by atoms with Gasteiger partial charge in [0, 0.05) is 22.3 Å². The number of hydrogen-bond acceptors (Lipinski definition) is 3. The molecule has 0 fully saturated rings. The number of benzene rings is 1. The van der Waals surface area contributed by atoms with E-state index >= 15 is 0 Å². The number of carbonyl (C=O) groups is 1. The summed E-state index contributed by atoms with van der Waals surface area (Å²) in [5.41, 5.74) is 1.52. The lowest BCUT2D eigenvalue weighted by molar-refractivity contribution is 0.102. The molecule has 0 radical (unpaired) electrons. The van der Waals surface area contributed by atoms with Crippen molar-refractivity contribution in [2.45, 2.75) is 6.54 Å². The van der Waals surface area contributed by atoms with Crippen LogP contribution >= 0.6 is 27.5 Å². The molecule has 0 spiro atoms. The van der Waals surface area contributed by atoms with Crippen LogP contribution < -0.4 is 5.32 Å². The van der Waals surface area contributed by atoms with E-state index in [1.807, 2.05) is 24.3 Å². The Hall–Kier alpha value is -2.18. The maximum Gasteiger partial charge on any atom is 0.256 e. The van der Waals surface area contributed by atoms with Gasteiger partial charge in [-0.3, -0.25) is 4.79 Å². The van der Waals surface area contributed by atoms with Crippen LogP contribution in [0.3, 0.4) is 0 Å². The zero-order valence-electron chi connectivity index (χ0n) is 11.9. The Morgan fingerprint density at radius 1 is 1.22 bits per heavy atom. The largest absolute Gasteiger partial charge is 0.307 e. The minimum Gasteiger partial charge on any atom is -0.307 e. The van der Waals surface area contributed by atoms with Gasteiger partial charge in [-0.25, -0.2) is 9.67 Å². The summed E-state index contributed by atoms with van der Waals surface area (Å²) in [7, 11) is 0. The van der Waals surface area contributed by atoms with Crippen LogP contribution in [0.1, 0.15) is 15.9 Å². The number of carbonyl (C=O) groups excluding carboxylic acids is 1. The number of anilines is 1. The van der Waals surface area contributed by atoms with Gasteiger partial charge >= 0.3 is 0 Å². The Morgan fingerprint density at radius 3 is 2.87 bits per heavy atom. The summed E-state index contributed by atoms with van der Waals surface area (Å²) >= 11 is 9.26. The van der Waals surface area contributed by atoms with Crippen LogP contribution in [-0.2, 0) is 6.54 Å². The molecule has 0 aliphatic rings. The third kappa shape index (κ3) is 3.97. The van der Waals surface area contributed by atoms with Gasteiger partial charge in [0.05, 0.1) is 12.7 Å². The molecule has 0 bridgehead atoms. The van der Waals surface area contributed by atoms with E-state index in [9.17, 15) is 4.79 Å². The van der Waals surface area contributed by atoms with Crippen LogP contribution in [0.15, 0.2) is 59.3 Å². The molecule has 0 unspecified atom stereocenters. The lowest BCUT2D eigenvalue weighted by atomic mass is 10.2. The molecule has 3 rings (SSSR count). The monoisotopic (exact) mass is 390 g/mol. The maximum absolute atomic E-state index is 12.3. The van der Waals surface area contributed by atoms with Crippen LogP contribution in [0, 0.1) is 0 Å². The van der Waals surface area contributed by atoms with Gasteiger partial charge in [0.15, 0.2) is 0 Å². The van der Waals surface area contributed by atoms with E-state index in [2.05, 4.69) is 31.3 Å². The summed E-state index contributed by atoms with van der Waals surface area (Å²) < 4.78 is 2.72. The van der Waals surface area contributed by atoms with Gasteiger partial charge < -0.3 is 5.32 Å². The summed E-state index contributed by atoms with van der Waals surface area (Å²) in [5, 5.41) is 7.36. The first-order chi connectivity index (χ1) is 11.1. The van der Waals surface area contributed by atoms with Crippen LogP contribution in [0.5, 0.6) is 0 Å². The van der Waals surface area contributed by atoms with E-state index in [0.29, 0.717) is 17.9 Å². The highest BCUT2D eigenvalue weighted by Crippen LogP contribution is 2.16. The first-order valence-electron chi connectivity index (χ1n) is 6.81. The quantitative estimate of drug-likeness (QED) is 0.684. The fourth-order valence-electron chi connectivity index (χ4n) is 2.11. The van der Waals surface area contributed by atoms with Gasteiger partial charge in [0.25, 0.3) is 5.91 Å². The predicted octanol–water partition coefficient (Wildman–Crippen LogP) is 3.99. The van der Waals surface area contributed by atoms with E-state index in [-0.39, 0.29) is 11.1 Å². The fourth-order valence-corrected chi connectivity index (χ4v) is 2.73. The van der Waals surface area contributed by atoms with Crippen molar-refractivity contribution in [2.24, 2.45) is 0 Å². The topological polar surface area (TPSA) is 59.8 Å². The Balaban J connectivity index is 1.77. The zero-order valence-corrected chi connectivity index (χ0v) is 14.3. The smallest absolute Gasteiger partial charge is 0.256 e. The Bertz CT molecular complexity index is 849. The maximum atomic E-state index is 12.3. The van der Waals surface area contributed by atoms with Gasteiger partial charge in [0.1, 0.15) is 11.0 Å². The van der Waals surface area contributed by atoms with Crippen molar-refractivity contribution in [3.8, 4) is 0 Å². The molecule has 0 aliphatic carbocycles. The summed E-state index contributed by atoms with van der Waals surface area (Å²) in [5.74, 6) is 0.355. The van der Waals surface area contributed by atoms with Crippen molar-refractivity contribution >= 4 is 39.3 Å². The number of nitrogens with one attached hydrogen (secondary N) is 1. The third-order valence-corrected chi connectivity index (χ3v) is 3.87. The summed E-state index contributed by atoms with van der Waals surface area (Å²) in [6, 6.07) is 12.8. The first-order valence-corrected chi connectivity index (χ1v) is 7.98. The number of rotatable bonds is 4. The fraction of sp³-hybridized carbons (Fsp3) is 0.0625. The molecule has 0 saturated carbocycles. The number of pyridine rings is 1. The van der Waals surface area contributed by atoms with Crippen LogP contribution in [0.4, 0.5) is 5.82 Å². The highest BCUT2D eigenvalue weighted by Gasteiger charge is 2.10. The van der Waals surface area contributed by atoms with Crippen molar-refractivity contribution in [1.29, 1.82) is 0 Å². The molecule has 116 valence electrons. The number of amides is 1. The molecule has 0 saturated heterocycles. The van der Waals surface area contributed by atoms with Crippen molar-refractivity contribution in [3.05, 3.63) is 75.6 Å². The van der Waals surface area contributed by atoms with E-state index in [1.165, 1.54) is 12.3 Å². The predicted molar refractivity (Wildman–Crippen MR) is 92.7 cm³/mol. The molecule has 3 aromatic rings. The van der Waals surface area contributed by atoms with Crippen LogP contribution in [-0.4, -0.2) is 20.7 Å². The highest BCUT2D eigenvalue weighted by atomic mass is 79.9. The van der Waals surface area contributed by atoms with Gasteiger partial charge in [-0.2, -0.15) is 5.10 Å². The zero-order chi connectivity index (χ0) is 16.2. The number of aromatic nitrogens is 3. The molecular formula is C16H12BrClN4O. The van der Waals surface area contributed by atoms with E-state index < -0.39 is 0 Å². The highest BCUT2D eigenvalue weighted by molar-refractivity contribution is 9.10. The molecule has 2 heterocycles. The average Bonchev–Trinajstić information content (AvgIpc) is 2.94. The molecule has 5 nitrogen and oxygen atoms in total. The van der Waals surface area contributed by atoms with Crippen molar-refractivity contribution in [3.63, 3.8) is 0 Å². The molecule has 1 amide bonds. The normalized spacial score (nSPS) is 10.5. The van der Waals surface area contributed by atoms with Gasteiger partial charge in [0.2, 0.25) is 0 Å². The first kappa shape index (κ1) is 15.7. The van der Waals surface area contributed by atoms with E-state index in [4.69, 9.17) is 11.6 Å². The lowest BCUT2D eigenvalue weighted by Gasteiger charge is -2.09. The molecular weight excluding hydrogens is 380 g/mol. The average molecular weight is 392 g/mol. The second kappa shape index (κ2) is 6.93. The third-order valence-electron chi connectivity index (χ3n) is 3.17. The minimum atomic E-state index is -0.259. The molecule has 1 N–H and O–H groups in total. The van der Waals surface area contributed by atoms with E-state index in [1.54, 1.807) is 23.0 Å². The van der Waals surface area contributed by atoms with Gasteiger partial charge in [-0.1, -0.05) is 39.7 Å². The second-order valence-electron chi connectivity index (χ2n) is 4.83. The second-order valence-corrected chi connectivity index (χ2v) is 6.13. The van der Waals surface area contributed by atoms with Crippen LogP contribution in [0.2, 0.25) is 5.15 Å². The SMILES string of the molecule is O=C(Nc1ccnn1Cc1cccc(Br)c1)c1ccnc(Cl)c1. The molecule has 0 aliphatic heterocycles. The molecule has 0 atom stereocenters. The summed E-state index contributed by atoms with van der Waals surface area (Å²) in [6.07, 6.45) is 3.14. The Kier molecular flexibility index (Phi) is 4.73. The Labute approximate surface area is 146 Å². The summed E-state index contributed by atoms with van der Waals surface area (Å²) in [4.78, 5) is 16.1. The van der Waals surface area contributed by atoms with Gasteiger partial charge in [-0.05, 0) is 29.8 Å². The molecule has 2 aromatic heterocycles. The Morgan fingerprint density at radius 2 is 2.09 bits per heavy atom. The van der Waals surface area contributed by atoms with Gasteiger partial charge in [-0.15, -0.1) is 0 Å². The minimum absolute atomic E-state index is 0.259. The number of hydrogen-bond donors (Lipinski definition) is 1. The molecule has 7 heteroatoms. The summed E-state index contributed by atoms with van der Waals surface area (Å²) in [6.45, 7) is 0.555. The standard InChI is InChI=1S/C16H12BrClN4O/c17-13-3-1-2-11(8-13)10-22-15(5-7-20-22)21-16(23)12-4-6-19-14(18)9-12/h1-9H,10H2,(H,21,23). The lowest BCUT2D eigenvalue weighted by Crippen LogP contribution is -2.16. The number of halogens is 2.